The molecular weight excluding hydrogens is 403 g/mol. The third kappa shape index (κ3) is 4.53. The third-order valence-electron chi connectivity index (χ3n) is 4.97. The minimum atomic E-state index is -0.466. The fourth-order valence-corrected chi connectivity index (χ4v) is 3.36. The maximum atomic E-state index is 14.4. The minimum Gasteiger partial charge on any atom is -0.381 e. The molecule has 2 heterocycles. The molecule has 0 spiro atoms. The van der Waals surface area contributed by atoms with E-state index in [1.54, 1.807) is 31.6 Å². The second-order valence-electron chi connectivity index (χ2n) is 7.11. The highest BCUT2D eigenvalue weighted by Gasteiger charge is 2.09. The summed E-state index contributed by atoms with van der Waals surface area (Å²) in [5, 5.41) is 12.1. The highest BCUT2D eigenvalue weighted by atomic mass is 19.1. The van der Waals surface area contributed by atoms with Gasteiger partial charge in [-0.1, -0.05) is 24.8 Å². The van der Waals surface area contributed by atoms with Crippen LogP contribution in [0.2, 0.25) is 0 Å². The summed E-state index contributed by atoms with van der Waals surface area (Å²) in [4.78, 5) is 16.0. The number of benzene rings is 2. The number of H-pyrrole nitrogens is 1. The molecule has 3 N–H and O–H groups in total. The summed E-state index contributed by atoms with van der Waals surface area (Å²) in [7, 11) is 1.67. The van der Waals surface area contributed by atoms with Gasteiger partial charge in [-0.3, -0.25) is 10.4 Å². The van der Waals surface area contributed by atoms with Crippen LogP contribution in [0, 0.1) is 11.2 Å². The maximum absolute atomic E-state index is 14.4. The van der Waals surface area contributed by atoms with Crippen LogP contribution in [0.25, 0.3) is 16.6 Å². The maximum Gasteiger partial charge on any atom is 0.227 e. The van der Waals surface area contributed by atoms with Crippen molar-refractivity contribution in [2.45, 2.75) is 6.42 Å². The Balaban J connectivity index is 1.45. The van der Waals surface area contributed by atoms with E-state index in [1.807, 2.05) is 24.3 Å². The van der Waals surface area contributed by atoms with Crippen LogP contribution in [0.1, 0.15) is 22.4 Å². The molecule has 0 aliphatic heterocycles. The van der Waals surface area contributed by atoms with Gasteiger partial charge in [0.15, 0.2) is 0 Å². The molecule has 0 aliphatic rings. The number of fused-ring (bicyclic) bond motifs is 1. The summed E-state index contributed by atoms with van der Waals surface area (Å²) >= 11 is 0. The molecule has 0 aliphatic carbocycles. The van der Waals surface area contributed by atoms with E-state index in [2.05, 4.69) is 43.6 Å². The quantitative estimate of drug-likeness (QED) is 0.294. The summed E-state index contributed by atoms with van der Waals surface area (Å²) in [6, 6.07) is 14.6. The molecule has 0 bridgehead atoms. The Morgan fingerprint density at radius 1 is 1.25 bits per heavy atom. The van der Waals surface area contributed by atoms with E-state index in [0.29, 0.717) is 29.2 Å². The molecular formula is C25H21FN6. The lowest BCUT2D eigenvalue weighted by atomic mass is 10.1. The van der Waals surface area contributed by atoms with E-state index < -0.39 is 5.82 Å². The molecule has 6 nitrogen and oxygen atoms in total. The normalized spacial score (nSPS) is 10.9. The minimum absolute atomic E-state index is 0.0732. The summed E-state index contributed by atoms with van der Waals surface area (Å²) < 4.78 is 14.4. The molecule has 0 unspecified atom stereocenters. The molecule has 0 radical (unpaired) electrons. The van der Waals surface area contributed by atoms with Crippen molar-refractivity contribution in [3.05, 3.63) is 101 Å². The van der Waals surface area contributed by atoms with Crippen LogP contribution < -0.4 is 5.32 Å². The van der Waals surface area contributed by atoms with Gasteiger partial charge in [0.05, 0.1) is 29.3 Å². The smallest absolute Gasteiger partial charge is 0.227 e. The van der Waals surface area contributed by atoms with Crippen LogP contribution in [0.5, 0.6) is 0 Å². The Morgan fingerprint density at radius 3 is 2.91 bits per heavy atom. The Morgan fingerprint density at radius 2 is 2.12 bits per heavy atom. The summed E-state index contributed by atoms with van der Waals surface area (Å²) in [5.74, 6) is -0.0802. The Hall–Kier alpha value is -4.35. The van der Waals surface area contributed by atoms with Gasteiger partial charge in [-0.05, 0) is 35.9 Å². The summed E-state index contributed by atoms with van der Waals surface area (Å²) in [5.41, 5.74) is 6.92. The van der Waals surface area contributed by atoms with Gasteiger partial charge >= 0.3 is 0 Å². The van der Waals surface area contributed by atoms with Crippen LogP contribution in [0.15, 0.2) is 78.2 Å². The van der Waals surface area contributed by atoms with Crippen molar-refractivity contribution >= 4 is 34.5 Å². The lowest BCUT2D eigenvalue weighted by Gasteiger charge is -2.07. The van der Waals surface area contributed by atoms with E-state index >= 15 is 0 Å². The highest BCUT2D eigenvalue weighted by Crippen LogP contribution is 2.18. The molecule has 0 fully saturated rings. The van der Waals surface area contributed by atoms with Gasteiger partial charge in [0.1, 0.15) is 5.82 Å². The van der Waals surface area contributed by atoms with Crippen molar-refractivity contribution in [3.8, 4) is 0 Å². The van der Waals surface area contributed by atoms with Crippen molar-refractivity contribution in [2.75, 3.05) is 7.05 Å². The molecule has 0 atom stereocenters. The number of halogens is 1. The van der Waals surface area contributed by atoms with Crippen molar-refractivity contribution in [2.24, 2.45) is 4.99 Å². The molecule has 2 aromatic carbocycles. The molecule has 158 valence electrons. The van der Waals surface area contributed by atoms with Gasteiger partial charge in [-0.25, -0.2) is 14.4 Å². The number of nitrogens with one attached hydrogen (secondary N) is 3. The monoisotopic (exact) mass is 424 g/mol. The molecule has 0 saturated heterocycles. The number of aliphatic imine (C=N–C) groups is 1. The van der Waals surface area contributed by atoms with E-state index in [0.717, 1.165) is 22.2 Å². The van der Waals surface area contributed by atoms with Crippen LogP contribution in [-0.2, 0) is 6.42 Å². The van der Waals surface area contributed by atoms with Gasteiger partial charge in [-0.2, -0.15) is 0 Å². The topological polar surface area (TPSA) is 89.8 Å². The second-order valence-corrected chi connectivity index (χ2v) is 7.11. The Kier molecular flexibility index (Phi) is 6.01. The van der Waals surface area contributed by atoms with Gasteiger partial charge in [0.2, 0.25) is 5.95 Å². The predicted octanol–water partition coefficient (Wildman–Crippen LogP) is 4.80. The van der Waals surface area contributed by atoms with Gasteiger partial charge in [0, 0.05) is 41.9 Å². The first-order valence-corrected chi connectivity index (χ1v) is 9.95. The van der Waals surface area contributed by atoms with Gasteiger partial charge in [0.25, 0.3) is 0 Å². The number of rotatable bonds is 7. The average Bonchev–Trinajstić information content (AvgIpc) is 3.26. The molecule has 7 heteroatoms. The summed E-state index contributed by atoms with van der Waals surface area (Å²) in [6.07, 6.45) is 5.52. The first kappa shape index (κ1) is 20.9. The van der Waals surface area contributed by atoms with Crippen molar-refractivity contribution < 1.29 is 4.39 Å². The zero-order valence-corrected chi connectivity index (χ0v) is 17.5. The van der Waals surface area contributed by atoms with E-state index in [4.69, 9.17) is 5.41 Å². The Labute approximate surface area is 184 Å². The zero-order chi connectivity index (χ0) is 22.5. The van der Waals surface area contributed by atoms with Crippen LogP contribution in [0.3, 0.4) is 0 Å². The zero-order valence-electron chi connectivity index (χ0n) is 17.5. The Bertz CT molecular complexity index is 1380. The number of pyridine rings is 1. The highest BCUT2D eigenvalue weighted by molar-refractivity contribution is 6.37. The number of aromatic amines is 1. The molecule has 4 aromatic rings. The fraction of sp³-hybridized carbons (Fsp3) is 0.0800. The first-order valence-electron chi connectivity index (χ1n) is 9.95. The third-order valence-corrected chi connectivity index (χ3v) is 4.97. The standard InChI is InChI=1S/C25H21FN6/c1-3-23(28-2)20-8-7-17(13-21(20)26)22(27)15-31-25-30-14-19(32-25)12-16-6-9-24-18(11-16)5-4-10-29-24/h4-11,13-15,27-28H,1,12H2,2H3,(H,30,32)/b27-22?,31-15-. The molecule has 32 heavy (non-hydrogen) atoms. The van der Waals surface area contributed by atoms with E-state index in [9.17, 15) is 4.39 Å². The molecule has 0 amide bonds. The number of nitrogens with zero attached hydrogens (tertiary/aromatic N) is 3. The number of aromatic nitrogens is 3. The molecule has 4 rings (SSSR count). The fourth-order valence-electron chi connectivity index (χ4n) is 3.36. The number of hydrogen-bond acceptors (Lipinski definition) is 5. The van der Waals surface area contributed by atoms with Crippen LogP contribution >= 0.6 is 0 Å². The lowest BCUT2D eigenvalue weighted by molar-refractivity contribution is 0.622. The molecule has 0 saturated carbocycles. The molecule has 2 aromatic heterocycles. The van der Waals surface area contributed by atoms with Crippen LogP contribution in [-0.4, -0.2) is 33.9 Å². The van der Waals surface area contributed by atoms with Gasteiger partial charge in [-0.15, -0.1) is 5.73 Å². The second kappa shape index (κ2) is 9.20. The van der Waals surface area contributed by atoms with E-state index in [-0.39, 0.29) is 5.71 Å². The van der Waals surface area contributed by atoms with E-state index in [1.165, 1.54) is 12.3 Å². The number of imidazole rings is 1. The number of hydrogen-bond donors (Lipinski definition) is 3. The predicted molar refractivity (Wildman–Crippen MR) is 126 cm³/mol. The average molecular weight is 424 g/mol. The van der Waals surface area contributed by atoms with Crippen molar-refractivity contribution in [3.63, 3.8) is 0 Å². The SMILES string of the molecule is C=C=C(NC)c1ccc(C(=N)/C=N\c2ncc(Cc3ccc4ncccc4c3)[nH]2)cc1F. The van der Waals surface area contributed by atoms with Crippen molar-refractivity contribution in [1.82, 2.24) is 20.3 Å². The lowest BCUT2D eigenvalue weighted by Crippen LogP contribution is -2.07. The largest absolute Gasteiger partial charge is 0.381 e. The first-order chi connectivity index (χ1) is 15.6. The summed E-state index contributed by atoms with van der Waals surface area (Å²) in [6.45, 7) is 3.54. The van der Waals surface area contributed by atoms with Crippen LogP contribution in [0.4, 0.5) is 10.3 Å². The van der Waals surface area contributed by atoms with Crippen molar-refractivity contribution in [1.29, 1.82) is 5.41 Å². The van der Waals surface area contributed by atoms with Gasteiger partial charge < -0.3 is 10.3 Å².